The van der Waals surface area contributed by atoms with Crippen molar-refractivity contribution in [2.45, 2.75) is 20.4 Å². The van der Waals surface area contributed by atoms with Crippen LogP contribution in [-0.2, 0) is 6.54 Å². The van der Waals surface area contributed by atoms with Gasteiger partial charge in [-0.05, 0) is 26.0 Å². The van der Waals surface area contributed by atoms with Gasteiger partial charge in [0, 0.05) is 28.6 Å². The second kappa shape index (κ2) is 7.17. The number of anilines is 2. The lowest BCUT2D eigenvalue weighted by Crippen LogP contribution is -2.21. The lowest BCUT2D eigenvalue weighted by Gasteiger charge is -2.16. The number of rotatable bonds is 6. The molecule has 0 bridgehead atoms. The molecule has 0 amide bonds. The van der Waals surface area contributed by atoms with Crippen LogP contribution in [0, 0.1) is 11.6 Å². The maximum atomic E-state index is 13.7. The van der Waals surface area contributed by atoms with Crippen molar-refractivity contribution in [2.24, 2.45) is 0 Å². The topological polar surface area (TPSA) is 28.2 Å². The molecule has 0 fully saturated rings. The summed E-state index contributed by atoms with van der Waals surface area (Å²) in [5, 5.41) is 3.72. The number of nitrogens with one attached hydrogen (secondary N) is 1. The van der Waals surface area contributed by atoms with Crippen LogP contribution in [0.1, 0.15) is 18.7 Å². The van der Waals surface area contributed by atoms with Crippen molar-refractivity contribution < 1.29 is 8.78 Å². The van der Waals surface area contributed by atoms with Gasteiger partial charge < -0.3 is 10.2 Å². The van der Waals surface area contributed by atoms with E-state index in [0.717, 1.165) is 23.1 Å². The largest absolute Gasteiger partial charge is 0.375 e. The molecule has 1 heterocycles. The van der Waals surface area contributed by atoms with Gasteiger partial charge >= 0.3 is 0 Å². The number of hydrogen-bond acceptors (Lipinski definition) is 4. The SMILES string of the molecule is CCN(CC)c1ncc(CNc2c(F)cc(Br)cc2F)s1. The normalized spacial score (nSPS) is 10.7. The van der Waals surface area contributed by atoms with Crippen molar-refractivity contribution in [3.05, 3.63) is 39.3 Å². The maximum Gasteiger partial charge on any atom is 0.185 e. The Morgan fingerprint density at radius 3 is 2.43 bits per heavy atom. The van der Waals surface area contributed by atoms with E-state index in [-0.39, 0.29) is 5.69 Å². The first-order valence-electron chi connectivity index (χ1n) is 6.63. The number of benzene rings is 1. The van der Waals surface area contributed by atoms with E-state index in [1.807, 2.05) is 0 Å². The van der Waals surface area contributed by atoms with Gasteiger partial charge in [-0.15, -0.1) is 11.3 Å². The molecule has 2 rings (SSSR count). The lowest BCUT2D eigenvalue weighted by atomic mass is 10.3. The smallest absolute Gasteiger partial charge is 0.185 e. The van der Waals surface area contributed by atoms with E-state index < -0.39 is 11.6 Å². The van der Waals surface area contributed by atoms with Gasteiger partial charge in [-0.3, -0.25) is 0 Å². The van der Waals surface area contributed by atoms with Gasteiger partial charge in [-0.1, -0.05) is 15.9 Å². The monoisotopic (exact) mass is 375 g/mol. The van der Waals surface area contributed by atoms with Crippen LogP contribution in [0.3, 0.4) is 0 Å². The lowest BCUT2D eigenvalue weighted by molar-refractivity contribution is 0.586. The molecule has 0 spiro atoms. The van der Waals surface area contributed by atoms with Crippen LogP contribution < -0.4 is 10.2 Å². The first-order chi connectivity index (χ1) is 10.0. The molecule has 3 nitrogen and oxygen atoms in total. The predicted molar refractivity (Wildman–Crippen MR) is 87.1 cm³/mol. The number of aromatic nitrogens is 1. The summed E-state index contributed by atoms with van der Waals surface area (Å²) in [5.74, 6) is -1.23. The molecule has 7 heteroatoms. The maximum absolute atomic E-state index is 13.7. The summed E-state index contributed by atoms with van der Waals surface area (Å²) < 4.78 is 27.8. The van der Waals surface area contributed by atoms with Gasteiger partial charge in [0.25, 0.3) is 0 Å². The van der Waals surface area contributed by atoms with E-state index in [4.69, 9.17) is 0 Å². The molecular weight excluding hydrogens is 360 g/mol. The minimum absolute atomic E-state index is 0.115. The molecule has 0 aliphatic carbocycles. The quantitative estimate of drug-likeness (QED) is 0.796. The number of thiazole rings is 1. The molecule has 0 aliphatic heterocycles. The zero-order valence-corrected chi connectivity index (χ0v) is 14.2. The minimum atomic E-state index is -0.615. The van der Waals surface area contributed by atoms with Gasteiger partial charge in [-0.25, -0.2) is 13.8 Å². The molecule has 0 unspecified atom stereocenters. The Morgan fingerprint density at radius 2 is 1.86 bits per heavy atom. The first kappa shape index (κ1) is 16.2. The van der Waals surface area contributed by atoms with Gasteiger partial charge in [0.2, 0.25) is 0 Å². The molecule has 21 heavy (non-hydrogen) atoms. The van der Waals surface area contributed by atoms with Crippen molar-refractivity contribution in [2.75, 3.05) is 23.3 Å². The van der Waals surface area contributed by atoms with Gasteiger partial charge in [-0.2, -0.15) is 0 Å². The number of nitrogens with zero attached hydrogens (tertiary/aromatic N) is 2. The Labute approximate surface area is 135 Å². The van der Waals surface area contributed by atoms with Crippen LogP contribution in [0.2, 0.25) is 0 Å². The predicted octanol–water partition coefficient (Wildman–Crippen LogP) is 4.64. The molecule has 0 atom stereocenters. The number of halogens is 3. The van der Waals surface area contributed by atoms with E-state index >= 15 is 0 Å². The zero-order chi connectivity index (χ0) is 15.4. The molecule has 1 N–H and O–H groups in total. The van der Waals surface area contributed by atoms with Crippen LogP contribution in [0.4, 0.5) is 19.6 Å². The van der Waals surface area contributed by atoms with E-state index in [1.165, 1.54) is 23.5 Å². The summed E-state index contributed by atoms with van der Waals surface area (Å²) >= 11 is 4.58. The molecule has 1 aromatic carbocycles. The van der Waals surface area contributed by atoms with Gasteiger partial charge in [0.15, 0.2) is 5.13 Å². The van der Waals surface area contributed by atoms with Crippen LogP contribution >= 0.6 is 27.3 Å². The standard InChI is InChI=1S/C14H16BrF2N3S/c1-3-20(4-2)14-19-8-10(21-14)7-18-13-11(16)5-9(15)6-12(13)17/h5-6,8,18H,3-4,7H2,1-2H3. The second-order valence-electron chi connectivity index (χ2n) is 4.38. The van der Waals surface area contributed by atoms with E-state index in [9.17, 15) is 8.78 Å². The van der Waals surface area contributed by atoms with Crippen LogP contribution in [0.5, 0.6) is 0 Å². The third-order valence-corrected chi connectivity index (χ3v) is 4.54. The van der Waals surface area contributed by atoms with Gasteiger partial charge in [0.1, 0.15) is 17.3 Å². The van der Waals surface area contributed by atoms with Crippen molar-refractivity contribution in [3.63, 3.8) is 0 Å². The molecule has 0 aliphatic rings. The molecule has 0 radical (unpaired) electrons. The highest BCUT2D eigenvalue weighted by Crippen LogP contribution is 2.26. The third kappa shape index (κ3) is 3.91. The summed E-state index contributed by atoms with van der Waals surface area (Å²) in [4.78, 5) is 7.40. The summed E-state index contributed by atoms with van der Waals surface area (Å²) in [6.07, 6.45) is 1.74. The molecule has 0 saturated carbocycles. The highest BCUT2D eigenvalue weighted by Gasteiger charge is 2.12. The fourth-order valence-corrected chi connectivity index (χ4v) is 3.28. The van der Waals surface area contributed by atoms with Crippen molar-refractivity contribution in [1.29, 1.82) is 0 Å². The Morgan fingerprint density at radius 1 is 1.24 bits per heavy atom. The minimum Gasteiger partial charge on any atom is -0.375 e. The zero-order valence-electron chi connectivity index (χ0n) is 11.8. The molecule has 114 valence electrons. The first-order valence-corrected chi connectivity index (χ1v) is 8.24. The Kier molecular flexibility index (Phi) is 5.52. The Balaban J connectivity index is 2.07. The molecular formula is C14H16BrF2N3S. The van der Waals surface area contributed by atoms with Crippen molar-refractivity contribution in [1.82, 2.24) is 4.98 Å². The molecule has 1 aromatic heterocycles. The van der Waals surface area contributed by atoms with Crippen LogP contribution in [0.25, 0.3) is 0 Å². The van der Waals surface area contributed by atoms with Crippen LogP contribution in [-0.4, -0.2) is 18.1 Å². The van der Waals surface area contributed by atoms with E-state index in [1.54, 1.807) is 6.20 Å². The third-order valence-electron chi connectivity index (χ3n) is 3.02. The molecule has 0 saturated heterocycles. The average Bonchev–Trinajstić information content (AvgIpc) is 2.87. The highest BCUT2D eigenvalue weighted by molar-refractivity contribution is 9.10. The second-order valence-corrected chi connectivity index (χ2v) is 6.39. The Bertz CT molecular complexity index is 591. The summed E-state index contributed by atoms with van der Waals surface area (Å²) in [6.45, 7) is 6.24. The van der Waals surface area contributed by atoms with Crippen LogP contribution in [0.15, 0.2) is 22.8 Å². The fourth-order valence-electron chi connectivity index (χ4n) is 1.91. The van der Waals surface area contributed by atoms with Crippen molar-refractivity contribution >= 4 is 38.1 Å². The summed E-state index contributed by atoms with van der Waals surface area (Å²) in [5.41, 5.74) is -0.115. The Hall–Kier alpha value is -1.21. The fraction of sp³-hybridized carbons (Fsp3) is 0.357. The van der Waals surface area contributed by atoms with Gasteiger partial charge in [0.05, 0.1) is 6.54 Å². The molecule has 2 aromatic rings. The van der Waals surface area contributed by atoms with Crippen molar-refractivity contribution in [3.8, 4) is 0 Å². The average molecular weight is 376 g/mol. The van der Waals surface area contributed by atoms with E-state index in [0.29, 0.717) is 11.0 Å². The van der Waals surface area contributed by atoms with E-state index in [2.05, 4.69) is 45.0 Å². The summed E-state index contributed by atoms with van der Waals surface area (Å²) in [6, 6.07) is 2.47. The number of hydrogen-bond donors (Lipinski definition) is 1. The summed E-state index contributed by atoms with van der Waals surface area (Å²) in [7, 11) is 0. The highest BCUT2D eigenvalue weighted by atomic mass is 79.9.